The van der Waals surface area contributed by atoms with Crippen LogP contribution in [0.3, 0.4) is 0 Å². The van der Waals surface area contributed by atoms with Gasteiger partial charge in [0.2, 0.25) is 10.0 Å². The number of nitrogens with zero attached hydrogens (tertiary/aromatic N) is 3. The third kappa shape index (κ3) is 4.63. The molecule has 0 saturated carbocycles. The third-order valence-corrected chi connectivity index (χ3v) is 8.42. The molecule has 1 fully saturated rings. The number of sulfonamides is 1. The van der Waals surface area contributed by atoms with Crippen LogP contribution in [0.4, 0.5) is 5.13 Å². The molecule has 10 heteroatoms. The molecule has 0 N–H and O–H groups in total. The fraction of sp³-hybridized carbons (Fsp3) is 0.364. The van der Waals surface area contributed by atoms with Gasteiger partial charge in [-0.1, -0.05) is 25.2 Å². The molecule has 0 radical (unpaired) electrons. The quantitative estimate of drug-likeness (QED) is 0.382. The molecular weight excluding hydrogens is 450 g/mol. The van der Waals surface area contributed by atoms with Crippen LogP contribution in [-0.4, -0.2) is 63.1 Å². The Kier molecular flexibility index (Phi) is 6.75. The summed E-state index contributed by atoms with van der Waals surface area (Å²) in [6.45, 7) is 7.34. The van der Waals surface area contributed by atoms with Crippen molar-refractivity contribution < 1.29 is 22.7 Å². The van der Waals surface area contributed by atoms with Crippen LogP contribution < -0.4 is 9.64 Å². The molecule has 1 aromatic heterocycles. The van der Waals surface area contributed by atoms with E-state index in [1.807, 2.05) is 6.07 Å². The first kappa shape index (κ1) is 22.7. The molecule has 8 nitrogen and oxygen atoms in total. The van der Waals surface area contributed by atoms with Gasteiger partial charge in [0.1, 0.15) is 5.75 Å². The minimum atomic E-state index is -3.57. The van der Waals surface area contributed by atoms with Crippen molar-refractivity contribution >= 4 is 42.7 Å². The van der Waals surface area contributed by atoms with Crippen LogP contribution in [0.25, 0.3) is 10.2 Å². The van der Waals surface area contributed by atoms with Crippen molar-refractivity contribution in [3.63, 3.8) is 0 Å². The van der Waals surface area contributed by atoms with Gasteiger partial charge in [0, 0.05) is 32.2 Å². The number of morpholine rings is 1. The number of anilines is 1. The molecule has 0 atom stereocenters. The van der Waals surface area contributed by atoms with Gasteiger partial charge in [-0.2, -0.15) is 4.31 Å². The number of fused-ring (bicyclic) bond motifs is 1. The van der Waals surface area contributed by atoms with Gasteiger partial charge in [0.15, 0.2) is 5.13 Å². The molecule has 32 heavy (non-hydrogen) atoms. The first-order chi connectivity index (χ1) is 15.4. The summed E-state index contributed by atoms with van der Waals surface area (Å²) in [5.74, 6) is -0.131. The molecule has 3 aromatic rings. The largest absolute Gasteiger partial charge is 0.423 e. The van der Waals surface area contributed by atoms with E-state index >= 15 is 0 Å². The van der Waals surface area contributed by atoms with Gasteiger partial charge in [-0.15, -0.1) is 0 Å². The molecule has 170 valence electrons. The standard InChI is InChI=1S/C22H25N3O5S2/c1-3-25(4-2)32(27,28)18-8-5-16(6-9-18)21(26)30-17-7-10-19-20(15-17)31-22(23-19)24-11-13-29-14-12-24/h5-10,15H,3-4,11-14H2,1-2H3. The topological polar surface area (TPSA) is 89.0 Å². The number of hydrogen-bond donors (Lipinski definition) is 0. The van der Waals surface area contributed by atoms with Crippen LogP contribution in [0.2, 0.25) is 0 Å². The Bertz CT molecular complexity index is 1200. The summed E-state index contributed by atoms with van der Waals surface area (Å²) in [4.78, 5) is 19.6. The first-order valence-corrected chi connectivity index (χ1v) is 12.7. The number of rotatable bonds is 7. The Labute approximate surface area is 191 Å². The zero-order valence-electron chi connectivity index (χ0n) is 18.0. The van der Waals surface area contributed by atoms with Gasteiger partial charge < -0.3 is 14.4 Å². The molecule has 0 bridgehead atoms. The second-order valence-electron chi connectivity index (χ2n) is 7.23. The van der Waals surface area contributed by atoms with Gasteiger partial charge in [-0.25, -0.2) is 18.2 Å². The molecule has 1 aliphatic rings. The van der Waals surface area contributed by atoms with Crippen molar-refractivity contribution in [3.05, 3.63) is 48.0 Å². The number of aromatic nitrogens is 1. The minimum absolute atomic E-state index is 0.152. The second kappa shape index (κ2) is 9.53. The SMILES string of the molecule is CCN(CC)S(=O)(=O)c1ccc(C(=O)Oc2ccc3nc(N4CCOCC4)sc3c2)cc1. The summed E-state index contributed by atoms with van der Waals surface area (Å²) < 4.78 is 38.4. The van der Waals surface area contributed by atoms with E-state index < -0.39 is 16.0 Å². The fourth-order valence-corrected chi connectivity index (χ4v) is 5.99. The molecule has 2 aromatic carbocycles. The average molecular weight is 476 g/mol. The summed E-state index contributed by atoms with van der Waals surface area (Å²) in [7, 11) is -3.57. The highest BCUT2D eigenvalue weighted by Gasteiger charge is 2.22. The maximum Gasteiger partial charge on any atom is 0.343 e. The normalized spacial score (nSPS) is 14.8. The first-order valence-electron chi connectivity index (χ1n) is 10.5. The summed E-state index contributed by atoms with van der Waals surface area (Å²) in [6, 6.07) is 11.2. The number of ether oxygens (including phenoxy) is 2. The van der Waals surface area contributed by atoms with Crippen molar-refractivity contribution in [2.24, 2.45) is 0 Å². The highest BCUT2D eigenvalue weighted by atomic mass is 32.2. The molecule has 0 aliphatic carbocycles. The Hall–Kier alpha value is -2.53. The van der Waals surface area contributed by atoms with Crippen molar-refractivity contribution in [2.75, 3.05) is 44.3 Å². The van der Waals surface area contributed by atoms with Crippen LogP contribution in [0.5, 0.6) is 5.75 Å². The van der Waals surface area contributed by atoms with E-state index in [1.54, 1.807) is 37.3 Å². The number of carbonyl (C=O) groups is 1. The Morgan fingerprint density at radius 3 is 2.47 bits per heavy atom. The van der Waals surface area contributed by atoms with Crippen LogP contribution in [0, 0.1) is 0 Å². The number of hydrogen-bond acceptors (Lipinski definition) is 8. The third-order valence-electron chi connectivity index (χ3n) is 5.27. The Morgan fingerprint density at radius 2 is 1.81 bits per heavy atom. The zero-order valence-corrected chi connectivity index (χ0v) is 19.6. The van der Waals surface area contributed by atoms with E-state index in [9.17, 15) is 13.2 Å². The molecule has 1 saturated heterocycles. The highest BCUT2D eigenvalue weighted by Crippen LogP contribution is 2.32. The number of thiazole rings is 1. The molecule has 0 amide bonds. The number of benzene rings is 2. The van der Waals surface area contributed by atoms with E-state index in [1.165, 1.54) is 28.6 Å². The van der Waals surface area contributed by atoms with E-state index in [2.05, 4.69) is 9.88 Å². The Morgan fingerprint density at radius 1 is 1.12 bits per heavy atom. The molecule has 0 unspecified atom stereocenters. The summed E-state index contributed by atoms with van der Waals surface area (Å²) >= 11 is 1.55. The monoisotopic (exact) mass is 475 g/mol. The molecule has 0 spiro atoms. The lowest BCUT2D eigenvalue weighted by atomic mass is 10.2. The van der Waals surface area contributed by atoms with Crippen LogP contribution in [0.15, 0.2) is 47.4 Å². The van der Waals surface area contributed by atoms with Gasteiger partial charge in [-0.05, 0) is 36.4 Å². The van der Waals surface area contributed by atoms with Crippen LogP contribution >= 0.6 is 11.3 Å². The van der Waals surface area contributed by atoms with Crippen molar-refractivity contribution in [1.29, 1.82) is 0 Å². The van der Waals surface area contributed by atoms with E-state index in [0.29, 0.717) is 32.1 Å². The van der Waals surface area contributed by atoms with Crippen LogP contribution in [-0.2, 0) is 14.8 Å². The number of esters is 1. The maximum atomic E-state index is 12.6. The lowest BCUT2D eigenvalue weighted by Gasteiger charge is -2.25. The van der Waals surface area contributed by atoms with E-state index in [0.717, 1.165) is 28.4 Å². The maximum absolute atomic E-state index is 12.6. The van der Waals surface area contributed by atoms with Crippen molar-refractivity contribution in [1.82, 2.24) is 9.29 Å². The predicted octanol–water partition coefficient (Wildman–Crippen LogP) is 3.38. The second-order valence-corrected chi connectivity index (χ2v) is 10.2. The fourth-order valence-electron chi connectivity index (χ4n) is 3.49. The smallest absolute Gasteiger partial charge is 0.343 e. The van der Waals surface area contributed by atoms with Crippen LogP contribution in [0.1, 0.15) is 24.2 Å². The molecule has 2 heterocycles. The van der Waals surface area contributed by atoms with Crippen molar-refractivity contribution in [3.8, 4) is 5.75 Å². The highest BCUT2D eigenvalue weighted by molar-refractivity contribution is 7.89. The minimum Gasteiger partial charge on any atom is -0.423 e. The summed E-state index contributed by atoms with van der Waals surface area (Å²) in [6.07, 6.45) is 0. The molecular formula is C22H25N3O5S2. The zero-order chi connectivity index (χ0) is 22.7. The van der Waals surface area contributed by atoms with Gasteiger partial charge in [0.25, 0.3) is 0 Å². The van der Waals surface area contributed by atoms with Gasteiger partial charge >= 0.3 is 5.97 Å². The lowest BCUT2D eigenvalue weighted by molar-refractivity contribution is 0.0735. The van der Waals surface area contributed by atoms with Gasteiger partial charge in [0.05, 0.1) is 33.9 Å². The van der Waals surface area contributed by atoms with Gasteiger partial charge in [-0.3, -0.25) is 0 Å². The molecule has 1 aliphatic heterocycles. The summed E-state index contributed by atoms with van der Waals surface area (Å²) in [5, 5.41) is 0.928. The lowest BCUT2D eigenvalue weighted by Crippen LogP contribution is -2.36. The van der Waals surface area contributed by atoms with Crippen molar-refractivity contribution in [2.45, 2.75) is 18.7 Å². The summed E-state index contributed by atoms with van der Waals surface area (Å²) in [5.41, 5.74) is 1.13. The van der Waals surface area contributed by atoms with E-state index in [-0.39, 0.29) is 10.5 Å². The van der Waals surface area contributed by atoms with E-state index in [4.69, 9.17) is 9.47 Å². The molecule has 4 rings (SSSR count). The Balaban J connectivity index is 1.48. The number of carbonyl (C=O) groups excluding carboxylic acids is 1. The average Bonchev–Trinajstić information content (AvgIpc) is 3.24. The predicted molar refractivity (Wildman–Crippen MR) is 124 cm³/mol.